The summed E-state index contributed by atoms with van der Waals surface area (Å²) in [7, 11) is 0. The topological polar surface area (TPSA) is 511 Å². The smallest absolute Gasteiger partial charge is 0.303 e. The van der Waals surface area contributed by atoms with E-state index in [4.69, 9.17) is 34.1 Å². The second-order valence-electron chi connectivity index (χ2n) is 24.1. The van der Waals surface area contributed by atoms with Gasteiger partial charge in [-0.05, 0) is 119 Å². The number of carbonyl (C=O) groups is 13. The first kappa shape index (κ1) is 78.5. The molecule has 12 amide bonds. The van der Waals surface area contributed by atoms with Crippen LogP contribution in [0.15, 0.2) is 60.7 Å². The fourth-order valence-electron chi connectivity index (χ4n) is 11.0. The standard InChI is InChI=1S/C63H97N17O14S/c1-37(2)33-45(57(89)73-41(53(67)85)27-32-95-3)72-51(82)36-71-54(86)46(34-38-15-6-4-7-16-38)77-58(90)47(35-39-17-8-5-9-18-39)78-56(88)43(24-26-52(83)84)74-55(87)42(23-25-50(66)81)75-59(91)49-22-14-31-80(49)62(94)44(20-10-11-28-64)76-60(92)48-21-13-30-79(48)61(93)40(65)19-12-29-70-63(68)69/h4-9,15-18,37,40-49H,10-14,19-36,64-65H2,1-3H3,(H2,66,81)(H2,67,85)(H,71,86)(H,72,82)(H,73,89)(H,74,87)(H,75,91)(H,76,92)(H,77,90)(H,78,88)(H,83,84)(H4,68,69,70)/t40-,41-,42-,43-,44-,45-,46-,47-,48-,49-/m0/s1. The number of nitrogens with zero attached hydrogens (tertiary/aromatic N) is 2. The summed E-state index contributed by atoms with van der Waals surface area (Å²) in [5.74, 6) is -10.7. The lowest BCUT2D eigenvalue weighted by atomic mass is 10.0. The van der Waals surface area contributed by atoms with Crippen LogP contribution < -0.4 is 76.5 Å². The van der Waals surface area contributed by atoms with E-state index in [9.17, 15) is 67.4 Å². The van der Waals surface area contributed by atoms with E-state index in [1.54, 1.807) is 60.7 Å². The van der Waals surface area contributed by atoms with E-state index in [1.165, 1.54) is 21.6 Å². The molecule has 0 bridgehead atoms. The van der Waals surface area contributed by atoms with Crippen LogP contribution in [0.2, 0.25) is 0 Å². The van der Waals surface area contributed by atoms with Crippen molar-refractivity contribution in [3.05, 3.63) is 71.8 Å². The molecule has 2 aliphatic heterocycles. The second-order valence-corrected chi connectivity index (χ2v) is 25.1. The maximum Gasteiger partial charge on any atom is 0.303 e. The number of rotatable bonds is 42. The minimum Gasteiger partial charge on any atom is -0.481 e. The highest BCUT2D eigenvalue weighted by Gasteiger charge is 2.42. The van der Waals surface area contributed by atoms with Crippen LogP contribution in [0.5, 0.6) is 0 Å². The summed E-state index contributed by atoms with van der Waals surface area (Å²) in [6.45, 7) is 3.87. The number of carbonyl (C=O) groups excluding carboxylic acids is 12. The van der Waals surface area contributed by atoms with Crippen molar-refractivity contribution in [1.29, 1.82) is 5.41 Å². The number of carboxylic acid groups (broad SMARTS) is 1. The molecule has 0 unspecified atom stereocenters. The number of benzene rings is 2. The molecule has 2 aromatic carbocycles. The third-order valence-corrected chi connectivity index (χ3v) is 16.7. The fourth-order valence-corrected chi connectivity index (χ4v) is 11.5. The Bertz CT molecular complexity index is 2950. The average Bonchev–Trinajstić information content (AvgIpc) is 1.74. The minimum atomic E-state index is -1.72. The molecule has 0 saturated carbocycles. The van der Waals surface area contributed by atoms with E-state index in [-0.39, 0.29) is 76.5 Å². The van der Waals surface area contributed by atoms with Crippen LogP contribution >= 0.6 is 11.8 Å². The highest BCUT2D eigenvalue weighted by molar-refractivity contribution is 7.98. The van der Waals surface area contributed by atoms with Crippen molar-refractivity contribution < 1.29 is 67.4 Å². The van der Waals surface area contributed by atoms with Gasteiger partial charge < -0.3 is 91.4 Å². The number of thioether (sulfide) groups is 1. The third-order valence-electron chi connectivity index (χ3n) is 16.0. The first-order valence-electron chi connectivity index (χ1n) is 32.1. The van der Waals surface area contributed by atoms with Crippen LogP contribution in [-0.4, -0.2) is 203 Å². The average molecular weight is 1350 g/mol. The van der Waals surface area contributed by atoms with Crippen LogP contribution in [0, 0.1) is 11.3 Å². The number of hydrogen-bond acceptors (Lipinski definition) is 17. The van der Waals surface area contributed by atoms with Crippen LogP contribution in [-0.2, 0) is 75.2 Å². The van der Waals surface area contributed by atoms with Crippen molar-refractivity contribution in [3.8, 4) is 0 Å². The highest BCUT2D eigenvalue weighted by atomic mass is 32.2. The normalized spacial score (nSPS) is 16.8. The number of primary amides is 2. The largest absolute Gasteiger partial charge is 0.481 e. The summed E-state index contributed by atoms with van der Waals surface area (Å²) in [6, 6.07) is 4.17. The second kappa shape index (κ2) is 41.0. The molecule has 31 nitrogen and oxygen atoms in total. The quantitative estimate of drug-likeness (QED) is 0.0180. The van der Waals surface area contributed by atoms with Gasteiger partial charge in [0.15, 0.2) is 5.96 Å². The summed E-state index contributed by atoms with van der Waals surface area (Å²) in [5.41, 5.74) is 29.6. The lowest BCUT2D eigenvalue weighted by molar-refractivity contribution is -0.144. The van der Waals surface area contributed by atoms with E-state index in [0.29, 0.717) is 61.9 Å². The minimum absolute atomic E-state index is 0.0604. The zero-order chi connectivity index (χ0) is 70.1. The molecule has 95 heavy (non-hydrogen) atoms. The molecule has 32 heteroatoms. The summed E-state index contributed by atoms with van der Waals surface area (Å²) in [4.78, 5) is 180. The molecule has 524 valence electrons. The number of guanidine groups is 1. The van der Waals surface area contributed by atoms with Gasteiger partial charge in [-0.1, -0.05) is 74.5 Å². The van der Waals surface area contributed by atoms with Crippen LogP contribution in [0.25, 0.3) is 0 Å². The number of unbranched alkanes of at least 4 members (excludes halogenated alkanes) is 1. The lowest BCUT2D eigenvalue weighted by Gasteiger charge is -2.32. The Morgan fingerprint density at radius 2 is 1.06 bits per heavy atom. The van der Waals surface area contributed by atoms with Crippen LogP contribution in [0.3, 0.4) is 0 Å². The van der Waals surface area contributed by atoms with Gasteiger partial charge in [0.25, 0.3) is 0 Å². The number of amides is 12. The molecule has 2 heterocycles. The first-order valence-corrected chi connectivity index (χ1v) is 33.5. The Kier molecular flexibility index (Phi) is 33.9. The zero-order valence-electron chi connectivity index (χ0n) is 54.3. The molecule has 2 aromatic rings. The van der Waals surface area contributed by atoms with E-state index in [2.05, 4.69) is 47.9 Å². The Balaban J connectivity index is 1.56. The predicted molar refractivity (Wildman–Crippen MR) is 353 cm³/mol. The zero-order valence-corrected chi connectivity index (χ0v) is 55.1. The molecular weight excluding hydrogens is 1250 g/mol. The van der Waals surface area contributed by atoms with Gasteiger partial charge >= 0.3 is 5.97 Å². The van der Waals surface area contributed by atoms with Crippen LogP contribution in [0.1, 0.15) is 121 Å². The third kappa shape index (κ3) is 27.5. The number of aliphatic carboxylic acids is 1. The molecule has 2 aliphatic rings. The summed E-state index contributed by atoms with van der Waals surface area (Å²) >= 11 is 1.45. The van der Waals surface area contributed by atoms with Gasteiger partial charge in [0.2, 0.25) is 70.9 Å². The maximum absolute atomic E-state index is 14.7. The van der Waals surface area contributed by atoms with Crippen molar-refractivity contribution >= 4 is 94.6 Å². The highest BCUT2D eigenvalue weighted by Crippen LogP contribution is 2.24. The van der Waals surface area contributed by atoms with Gasteiger partial charge in [0.1, 0.15) is 54.4 Å². The van der Waals surface area contributed by atoms with Gasteiger partial charge in [-0.2, -0.15) is 11.8 Å². The van der Waals surface area contributed by atoms with Crippen LogP contribution in [0.4, 0.5) is 0 Å². The number of hydrogen-bond donors (Lipinski definition) is 16. The number of nitrogens with two attached hydrogens (primary N) is 5. The SMILES string of the molecule is CSCC[C@H](NC(=O)[C@H](CC(C)C)NC(=O)CNC(=O)[C@H](Cc1ccccc1)NC(=O)[C@H](Cc1ccccc1)NC(=O)[C@H](CCC(=O)O)NC(=O)[C@H](CCC(N)=O)NC(=O)[C@@H]1CCCN1C(=O)[C@H](CCCCN)NC(=O)[C@@H]1CCCN1C(=O)[C@@H](N)CCCNC(=N)N)C(N)=O. The van der Waals surface area contributed by atoms with Gasteiger partial charge in [-0.25, -0.2) is 0 Å². The molecule has 10 atom stereocenters. The van der Waals surface area contributed by atoms with Crippen molar-refractivity contribution in [1.82, 2.24) is 57.7 Å². The summed E-state index contributed by atoms with van der Waals surface area (Å²) in [6.07, 6.45) is 2.61. The lowest BCUT2D eigenvalue weighted by Crippen LogP contribution is -2.60. The van der Waals surface area contributed by atoms with E-state index < -0.39 is 170 Å². The van der Waals surface area contributed by atoms with E-state index >= 15 is 0 Å². The molecule has 2 fully saturated rings. The predicted octanol–water partition coefficient (Wildman–Crippen LogP) is -2.90. The Morgan fingerprint density at radius 1 is 0.568 bits per heavy atom. The number of likely N-dealkylation sites (tertiary alicyclic amines) is 2. The van der Waals surface area contributed by atoms with E-state index in [0.717, 1.165) is 0 Å². The van der Waals surface area contributed by atoms with Gasteiger partial charge in [0.05, 0.1) is 12.6 Å². The molecule has 0 spiro atoms. The maximum atomic E-state index is 14.7. The van der Waals surface area contributed by atoms with Gasteiger partial charge in [0, 0.05) is 45.3 Å². The van der Waals surface area contributed by atoms with Gasteiger partial charge in [-0.15, -0.1) is 0 Å². The number of carboxylic acids is 1. The van der Waals surface area contributed by atoms with Crippen molar-refractivity contribution in [2.75, 3.05) is 44.7 Å². The van der Waals surface area contributed by atoms with E-state index in [1.807, 2.05) is 20.1 Å². The van der Waals surface area contributed by atoms with Crippen molar-refractivity contribution in [3.63, 3.8) is 0 Å². The molecule has 4 rings (SSSR count). The molecular formula is C63H97N17O14S. The monoisotopic (exact) mass is 1350 g/mol. The summed E-state index contributed by atoms with van der Waals surface area (Å²) in [5, 5.41) is 40.7. The molecule has 2 saturated heterocycles. The number of nitrogens with one attached hydrogen (secondary N) is 10. The van der Waals surface area contributed by atoms with Crippen molar-refractivity contribution in [2.24, 2.45) is 34.6 Å². The Hall–Kier alpha value is -8.91. The van der Waals surface area contributed by atoms with Gasteiger partial charge in [-0.3, -0.25) is 67.7 Å². The molecule has 21 N–H and O–H groups in total. The summed E-state index contributed by atoms with van der Waals surface area (Å²) < 4.78 is 0. The molecule has 0 radical (unpaired) electrons. The Morgan fingerprint density at radius 3 is 1.58 bits per heavy atom. The van der Waals surface area contributed by atoms with Crippen molar-refractivity contribution in [2.45, 2.75) is 183 Å². The molecule has 0 aromatic heterocycles. The fraction of sp³-hybridized carbons (Fsp3) is 0.587. The molecule has 0 aliphatic carbocycles. The first-order chi connectivity index (χ1) is 45.2. The Labute approximate surface area is 557 Å².